The molecule has 1 N–H and O–H groups in total. The van der Waals surface area contributed by atoms with E-state index in [1.807, 2.05) is 20.8 Å². The number of carbonyl (C=O) groups excluding carboxylic acids is 2. The highest BCUT2D eigenvalue weighted by Gasteiger charge is 2.32. The summed E-state index contributed by atoms with van der Waals surface area (Å²) in [6.45, 7) is 5.51. The van der Waals surface area contributed by atoms with Crippen LogP contribution in [-0.4, -0.2) is 21.8 Å². The third-order valence-corrected chi connectivity index (χ3v) is 5.40. The Bertz CT molecular complexity index is 826. The maximum absolute atomic E-state index is 14.2. The van der Waals surface area contributed by atoms with Gasteiger partial charge in [0.1, 0.15) is 15.2 Å². The molecule has 0 bridgehead atoms. The molecular weight excluding hydrogens is 402 g/mol. The largest absolute Gasteiger partial charge is 0.442 e. The van der Waals surface area contributed by atoms with E-state index in [0.717, 1.165) is 11.5 Å². The van der Waals surface area contributed by atoms with E-state index in [2.05, 4.69) is 9.69 Å². The number of carbonyl (C=O) groups is 2. The summed E-state index contributed by atoms with van der Waals surface area (Å²) in [5, 5.41) is 2.68. The molecule has 26 heavy (non-hydrogen) atoms. The topological polar surface area (TPSA) is 68.3 Å². The fourth-order valence-corrected chi connectivity index (χ4v) is 2.96. The van der Waals surface area contributed by atoms with Crippen molar-refractivity contribution in [2.75, 3.05) is 0 Å². The van der Waals surface area contributed by atoms with Crippen LogP contribution in [0.2, 0.25) is 9.36 Å². The van der Waals surface area contributed by atoms with Crippen molar-refractivity contribution < 1.29 is 18.7 Å². The molecule has 0 aliphatic heterocycles. The third-order valence-electron chi connectivity index (χ3n) is 3.79. The lowest BCUT2D eigenvalue weighted by Gasteiger charge is -2.27. The molecule has 0 spiro atoms. The van der Waals surface area contributed by atoms with Crippen LogP contribution in [0.4, 0.5) is 4.39 Å². The molecule has 0 saturated heterocycles. The van der Waals surface area contributed by atoms with Gasteiger partial charge in [-0.3, -0.25) is 4.79 Å². The second kappa shape index (κ2) is 8.33. The van der Waals surface area contributed by atoms with Crippen molar-refractivity contribution in [3.8, 4) is 0 Å². The maximum Gasteiger partial charge on any atom is 0.360 e. The molecule has 5 nitrogen and oxygen atoms in total. The number of hydrogen-bond donors (Lipinski definition) is 1. The number of ether oxygens (including phenoxy) is 1. The van der Waals surface area contributed by atoms with Gasteiger partial charge in [0, 0.05) is 11.1 Å². The van der Waals surface area contributed by atoms with E-state index in [1.54, 1.807) is 6.07 Å². The summed E-state index contributed by atoms with van der Waals surface area (Å²) in [6.07, 6.45) is -0.865. The Morgan fingerprint density at radius 3 is 2.54 bits per heavy atom. The lowest BCUT2D eigenvalue weighted by Crippen LogP contribution is -2.46. The summed E-state index contributed by atoms with van der Waals surface area (Å²) in [5.41, 5.74) is -0.845. The molecular formula is C17H17Cl2FN2O3S. The fraction of sp³-hybridized carbons (Fsp3) is 0.353. The molecule has 1 aromatic heterocycles. The molecule has 140 valence electrons. The first-order valence-corrected chi connectivity index (χ1v) is 9.27. The SMILES string of the molecule is CCC(C)(C)NC(=O)[C@H](OC(=O)c1nsc(Cl)c1Cl)c1ccccc1F. The minimum atomic E-state index is -1.49. The van der Waals surface area contributed by atoms with Gasteiger partial charge in [0.15, 0.2) is 5.69 Å². The van der Waals surface area contributed by atoms with Crippen LogP contribution in [0.25, 0.3) is 0 Å². The third kappa shape index (κ3) is 4.72. The molecule has 0 unspecified atom stereocenters. The van der Waals surface area contributed by atoms with Crippen LogP contribution in [0.15, 0.2) is 24.3 Å². The summed E-state index contributed by atoms with van der Waals surface area (Å²) in [5.74, 6) is -2.28. The predicted octanol–water partition coefficient (Wildman–Crippen LogP) is 4.79. The molecule has 0 radical (unpaired) electrons. The van der Waals surface area contributed by atoms with Gasteiger partial charge in [-0.1, -0.05) is 48.3 Å². The van der Waals surface area contributed by atoms with Crippen LogP contribution in [0.5, 0.6) is 0 Å². The van der Waals surface area contributed by atoms with Crippen molar-refractivity contribution in [3.63, 3.8) is 0 Å². The zero-order valence-electron chi connectivity index (χ0n) is 14.3. The van der Waals surface area contributed by atoms with Gasteiger partial charge in [0.25, 0.3) is 5.91 Å². The molecule has 1 heterocycles. The average Bonchev–Trinajstić information content (AvgIpc) is 2.92. The number of hydrogen-bond acceptors (Lipinski definition) is 5. The molecule has 2 rings (SSSR count). The van der Waals surface area contributed by atoms with E-state index in [1.165, 1.54) is 18.2 Å². The Kier molecular flexibility index (Phi) is 6.60. The van der Waals surface area contributed by atoms with E-state index in [-0.39, 0.29) is 20.6 Å². The van der Waals surface area contributed by atoms with Crippen molar-refractivity contribution in [3.05, 3.63) is 50.7 Å². The van der Waals surface area contributed by atoms with Crippen molar-refractivity contribution in [2.24, 2.45) is 0 Å². The van der Waals surface area contributed by atoms with Gasteiger partial charge in [-0.15, -0.1) is 0 Å². The first-order chi connectivity index (χ1) is 12.2. The van der Waals surface area contributed by atoms with Gasteiger partial charge in [0.2, 0.25) is 6.10 Å². The van der Waals surface area contributed by atoms with Crippen molar-refractivity contribution in [2.45, 2.75) is 38.8 Å². The summed E-state index contributed by atoms with van der Waals surface area (Å²) in [4.78, 5) is 25.1. The quantitative estimate of drug-likeness (QED) is 0.684. The van der Waals surface area contributed by atoms with Crippen LogP contribution in [-0.2, 0) is 9.53 Å². The molecule has 9 heteroatoms. The van der Waals surface area contributed by atoms with Crippen LogP contribution in [0.3, 0.4) is 0 Å². The van der Waals surface area contributed by atoms with Gasteiger partial charge in [-0.25, -0.2) is 9.18 Å². The first-order valence-electron chi connectivity index (χ1n) is 7.74. The van der Waals surface area contributed by atoms with Crippen molar-refractivity contribution >= 4 is 46.6 Å². The molecule has 0 saturated carbocycles. The Morgan fingerprint density at radius 2 is 2.00 bits per heavy atom. The Hall–Kier alpha value is -1.70. The molecule has 1 atom stereocenters. The average molecular weight is 419 g/mol. The maximum atomic E-state index is 14.2. The second-order valence-corrected chi connectivity index (χ2v) is 7.91. The van der Waals surface area contributed by atoms with Gasteiger partial charge in [-0.05, 0) is 37.9 Å². The molecule has 0 aliphatic rings. The Labute approximate surface area is 164 Å². The smallest absolute Gasteiger partial charge is 0.360 e. The van der Waals surface area contributed by atoms with E-state index in [4.69, 9.17) is 27.9 Å². The number of aromatic nitrogens is 1. The van der Waals surface area contributed by atoms with E-state index < -0.39 is 29.3 Å². The Morgan fingerprint density at radius 1 is 1.35 bits per heavy atom. The number of rotatable bonds is 6. The summed E-state index contributed by atoms with van der Waals surface area (Å²) >= 11 is 12.5. The molecule has 0 aliphatic carbocycles. The molecule has 1 amide bonds. The summed E-state index contributed by atoms with van der Waals surface area (Å²) < 4.78 is 23.4. The number of amides is 1. The minimum absolute atomic E-state index is 0.0664. The van der Waals surface area contributed by atoms with E-state index in [9.17, 15) is 14.0 Å². The van der Waals surface area contributed by atoms with Crippen LogP contribution >= 0.6 is 34.7 Å². The highest BCUT2D eigenvalue weighted by Crippen LogP contribution is 2.31. The lowest BCUT2D eigenvalue weighted by atomic mass is 10.0. The fourth-order valence-electron chi connectivity index (χ4n) is 1.98. The standard InChI is InChI=1S/C17H17Cl2FN2O3S/c1-4-17(2,3)21-15(23)13(9-7-5-6-8-10(9)20)25-16(24)12-11(18)14(19)26-22-12/h5-8,13H,4H2,1-3H3,(H,21,23)/t13-/m1/s1. The summed E-state index contributed by atoms with van der Waals surface area (Å²) in [6, 6.07) is 5.58. The van der Waals surface area contributed by atoms with Crippen molar-refractivity contribution in [1.29, 1.82) is 0 Å². The van der Waals surface area contributed by atoms with Gasteiger partial charge in [0.05, 0.1) is 0 Å². The van der Waals surface area contributed by atoms with Crippen molar-refractivity contribution in [1.82, 2.24) is 9.69 Å². The van der Waals surface area contributed by atoms with E-state index in [0.29, 0.717) is 6.42 Å². The normalized spacial score (nSPS) is 12.5. The number of nitrogens with one attached hydrogen (secondary N) is 1. The monoisotopic (exact) mass is 418 g/mol. The molecule has 2 aromatic rings. The van der Waals surface area contributed by atoms with Gasteiger partial charge < -0.3 is 10.1 Å². The molecule has 1 aromatic carbocycles. The lowest BCUT2D eigenvalue weighted by molar-refractivity contribution is -0.132. The second-order valence-electron chi connectivity index (χ2n) is 6.15. The highest BCUT2D eigenvalue weighted by molar-refractivity contribution is 7.11. The predicted molar refractivity (Wildman–Crippen MR) is 99.2 cm³/mol. The van der Waals surface area contributed by atoms with E-state index >= 15 is 0 Å². The first kappa shape index (κ1) is 20.6. The van der Waals surface area contributed by atoms with Crippen LogP contribution in [0, 0.1) is 5.82 Å². The minimum Gasteiger partial charge on any atom is -0.442 e. The summed E-state index contributed by atoms with van der Waals surface area (Å²) in [7, 11) is 0. The zero-order valence-corrected chi connectivity index (χ0v) is 16.6. The van der Waals surface area contributed by atoms with Crippen LogP contribution in [0.1, 0.15) is 49.3 Å². The van der Waals surface area contributed by atoms with Crippen LogP contribution < -0.4 is 5.32 Å². The zero-order chi connectivity index (χ0) is 19.5. The highest BCUT2D eigenvalue weighted by atomic mass is 35.5. The molecule has 0 fully saturated rings. The Balaban J connectivity index is 2.35. The number of nitrogens with zero attached hydrogens (tertiary/aromatic N) is 1. The van der Waals surface area contributed by atoms with Gasteiger partial charge in [-0.2, -0.15) is 4.37 Å². The van der Waals surface area contributed by atoms with Gasteiger partial charge >= 0.3 is 5.97 Å². The number of benzene rings is 1. The number of halogens is 3. The number of esters is 1.